The quantitative estimate of drug-likeness (QED) is 0.899. The maximum atomic E-state index is 12.6. The first-order chi connectivity index (χ1) is 10.4. The predicted octanol–water partition coefficient (Wildman–Crippen LogP) is 2.62. The van der Waals surface area contributed by atoms with E-state index < -0.39 is 5.54 Å². The summed E-state index contributed by atoms with van der Waals surface area (Å²) in [6, 6.07) is 5.64. The highest BCUT2D eigenvalue weighted by atomic mass is 16.5. The van der Waals surface area contributed by atoms with Crippen LogP contribution in [0.15, 0.2) is 18.2 Å². The van der Waals surface area contributed by atoms with E-state index in [0.717, 1.165) is 29.7 Å². The summed E-state index contributed by atoms with van der Waals surface area (Å²) in [5.74, 6) is 0.768. The SMILES string of the molecule is COc1ccc(C)cc1[C@@H](C)NC(=O)N1CCC[C@@]1(C)CO. The van der Waals surface area contributed by atoms with E-state index in [9.17, 15) is 9.90 Å². The lowest BCUT2D eigenvalue weighted by molar-refractivity contribution is 0.0961. The van der Waals surface area contributed by atoms with Gasteiger partial charge in [-0.3, -0.25) is 0 Å². The third-order valence-corrected chi connectivity index (χ3v) is 4.53. The number of ether oxygens (including phenoxy) is 1. The molecule has 1 aliphatic heterocycles. The summed E-state index contributed by atoms with van der Waals surface area (Å²) in [6.07, 6.45) is 1.76. The lowest BCUT2D eigenvalue weighted by atomic mass is 10.0. The first kappa shape index (κ1) is 16.6. The highest BCUT2D eigenvalue weighted by Crippen LogP contribution is 2.30. The number of amides is 2. The molecule has 0 bridgehead atoms. The van der Waals surface area contributed by atoms with Crippen LogP contribution in [0.4, 0.5) is 4.79 Å². The second-order valence-electron chi connectivity index (χ2n) is 6.33. The van der Waals surface area contributed by atoms with Gasteiger partial charge in [0.1, 0.15) is 5.75 Å². The molecule has 122 valence electrons. The van der Waals surface area contributed by atoms with Crippen molar-refractivity contribution in [2.45, 2.75) is 45.2 Å². The minimum Gasteiger partial charge on any atom is -0.496 e. The van der Waals surface area contributed by atoms with Crippen molar-refractivity contribution in [2.75, 3.05) is 20.3 Å². The summed E-state index contributed by atoms with van der Waals surface area (Å²) in [7, 11) is 1.63. The van der Waals surface area contributed by atoms with E-state index in [1.807, 2.05) is 39.0 Å². The number of carbonyl (C=O) groups excluding carboxylic acids is 1. The van der Waals surface area contributed by atoms with Crippen molar-refractivity contribution in [3.8, 4) is 5.75 Å². The average molecular weight is 306 g/mol. The second-order valence-corrected chi connectivity index (χ2v) is 6.33. The summed E-state index contributed by atoms with van der Waals surface area (Å²) >= 11 is 0. The van der Waals surface area contributed by atoms with E-state index >= 15 is 0 Å². The monoisotopic (exact) mass is 306 g/mol. The van der Waals surface area contributed by atoms with Gasteiger partial charge in [-0.05, 0) is 39.7 Å². The van der Waals surface area contributed by atoms with Crippen molar-refractivity contribution in [3.63, 3.8) is 0 Å². The molecule has 2 rings (SSSR count). The van der Waals surface area contributed by atoms with Crippen LogP contribution in [0.5, 0.6) is 5.75 Å². The van der Waals surface area contributed by atoms with Crippen LogP contribution in [0, 0.1) is 6.92 Å². The van der Waals surface area contributed by atoms with Crippen LogP contribution in [0.2, 0.25) is 0 Å². The molecule has 1 aromatic rings. The summed E-state index contributed by atoms with van der Waals surface area (Å²) < 4.78 is 5.39. The Bertz CT molecular complexity index is 547. The minimum atomic E-state index is -0.458. The van der Waals surface area contributed by atoms with Gasteiger partial charge in [-0.2, -0.15) is 0 Å². The van der Waals surface area contributed by atoms with Crippen molar-refractivity contribution in [1.29, 1.82) is 0 Å². The molecular weight excluding hydrogens is 280 g/mol. The molecule has 1 saturated heterocycles. The summed E-state index contributed by atoms with van der Waals surface area (Å²) in [4.78, 5) is 14.3. The van der Waals surface area contributed by atoms with Crippen LogP contribution < -0.4 is 10.1 Å². The Labute approximate surface area is 132 Å². The smallest absolute Gasteiger partial charge is 0.318 e. The average Bonchev–Trinajstić information content (AvgIpc) is 2.89. The van der Waals surface area contributed by atoms with Crippen LogP contribution in [0.1, 0.15) is 43.9 Å². The van der Waals surface area contributed by atoms with Crippen molar-refractivity contribution >= 4 is 6.03 Å². The molecule has 0 aromatic heterocycles. The minimum absolute atomic E-state index is 0.0113. The van der Waals surface area contributed by atoms with E-state index in [0.29, 0.717) is 6.54 Å². The number of carbonyl (C=O) groups is 1. The Hall–Kier alpha value is -1.75. The van der Waals surface area contributed by atoms with Gasteiger partial charge in [0.2, 0.25) is 0 Å². The topological polar surface area (TPSA) is 61.8 Å². The number of nitrogens with one attached hydrogen (secondary N) is 1. The van der Waals surface area contributed by atoms with Crippen molar-refractivity contribution in [3.05, 3.63) is 29.3 Å². The molecule has 1 aliphatic rings. The second kappa shape index (κ2) is 6.57. The summed E-state index contributed by atoms with van der Waals surface area (Å²) in [5, 5.41) is 12.6. The van der Waals surface area contributed by atoms with Crippen molar-refractivity contribution in [2.24, 2.45) is 0 Å². The Kier molecular flexibility index (Phi) is 4.96. The third-order valence-electron chi connectivity index (χ3n) is 4.53. The number of hydrogen-bond acceptors (Lipinski definition) is 3. The number of aliphatic hydroxyl groups excluding tert-OH is 1. The van der Waals surface area contributed by atoms with Crippen LogP contribution in [0.3, 0.4) is 0 Å². The normalized spacial score (nSPS) is 22.5. The predicted molar refractivity (Wildman–Crippen MR) is 86.1 cm³/mol. The number of nitrogens with zero attached hydrogens (tertiary/aromatic N) is 1. The van der Waals surface area contributed by atoms with E-state index in [4.69, 9.17) is 4.74 Å². The Morgan fingerprint density at radius 2 is 2.27 bits per heavy atom. The van der Waals surface area contributed by atoms with Crippen LogP contribution in [-0.2, 0) is 0 Å². The molecule has 0 radical (unpaired) electrons. The largest absolute Gasteiger partial charge is 0.496 e. The van der Waals surface area contributed by atoms with Gasteiger partial charge in [0.25, 0.3) is 0 Å². The van der Waals surface area contributed by atoms with Gasteiger partial charge in [0.05, 0.1) is 25.3 Å². The first-order valence-corrected chi connectivity index (χ1v) is 7.75. The Morgan fingerprint density at radius 1 is 1.55 bits per heavy atom. The molecule has 1 fully saturated rings. The van der Waals surface area contributed by atoms with E-state index in [1.54, 1.807) is 12.0 Å². The fraction of sp³-hybridized carbons (Fsp3) is 0.588. The highest BCUT2D eigenvalue weighted by Gasteiger charge is 2.39. The lowest BCUT2D eigenvalue weighted by Crippen LogP contribution is -2.52. The molecule has 2 N–H and O–H groups in total. The molecule has 5 nitrogen and oxygen atoms in total. The molecule has 2 atom stereocenters. The number of likely N-dealkylation sites (tertiary alicyclic amines) is 1. The van der Waals surface area contributed by atoms with Gasteiger partial charge in [-0.15, -0.1) is 0 Å². The van der Waals surface area contributed by atoms with Gasteiger partial charge in [-0.1, -0.05) is 17.7 Å². The van der Waals surface area contributed by atoms with Crippen LogP contribution >= 0.6 is 0 Å². The maximum absolute atomic E-state index is 12.6. The lowest BCUT2D eigenvalue weighted by Gasteiger charge is -2.34. The molecule has 0 saturated carbocycles. The van der Waals surface area contributed by atoms with E-state index in [2.05, 4.69) is 5.32 Å². The van der Waals surface area contributed by atoms with Crippen LogP contribution in [-0.4, -0.2) is 41.8 Å². The number of aliphatic hydroxyl groups is 1. The number of methoxy groups -OCH3 is 1. The standard InChI is InChI=1S/C17H26N2O3/c1-12-6-7-15(22-4)14(10-12)13(2)18-16(21)19-9-5-8-17(19,3)11-20/h6-7,10,13,20H,5,8-9,11H2,1-4H3,(H,18,21)/t13-,17+/m1/s1. The molecule has 5 heteroatoms. The third kappa shape index (κ3) is 3.19. The molecule has 1 aromatic carbocycles. The maximum Gasteiger partial charge on any atom is 0.318 e. The number of hydrogen-bond donors (Lipinski definition) is 2. The van der Waals surface area contributed by atoms with E-state index in [-0.39, 0.29) is 18.7 Å². The molecular formula is C17H26N2O3. The number of benzene rings is 1. The van der Waals surface area contributed by atoms with Crippen LogP contribution in [0.25, 0.3) is 0 Å². The molecule has 0 spiro atoms. The molecule has 0 unspecified atom stereocenters. The summed E-state index contributed by atoms with van der Waals surface area (Å²) in [6.45, 7) is 6.56. The van der Waals surface area contributed by atoms with Gasteiger partial charge >= 0.3 is 6.03 Å². The fourth-order valence-corrected chi connectivity index (χ4v) is 3.07. The fourth-order valence-electron chi connectivity index (χ4n) is 3.07. The van der Waals surface area contributed by atoms with Crippen molar-refractivity contribution < 1.29 is 14.6 Å². The summed E-state index contributed by atoms with van der Waals surface area (Å²) in [5.41, 5.74) is 1.62. The zero-order valence-corrected chi connectivity index (χ0v) is 13.8. The highest BCUT2D eigenvalue weighted by molar-refractivity contribution is 5.76. The van der Waals surface area contributed by atoms with Gasteiger partial charge in [0.15, 0.2) is 0 Å². The van der Waals surface area contributed by atoms with Gasteiger partial charge < -0.3 is 20.1 Å². The first-order valence-electron chi connectivity index (χ1n) is 7.75. The van der Waals surface area contributed by atoms with Gasteiger partial charge in [-0.25, -0.2) is 4.79 Å². The Balaban J connectivity index is 2.13. The molecule has 22 heavy (non-hydrogen) atoms. The number of aryl methyl sites for hydroxylation is 1. The van der Waals surface area contributed by atoms with E-state index in [1.165, 1.54) is 0 Å². The number of urea groups is 1. The van der Waals surface area contributed by atoms with Crippen molar-refractivity contribution in [1.82, 2.24) is 10.2 Å². The molecule has 2 amide bonds. The molecule has 1 heterocycles. The zero-order chi connectivity index (χ0) is 16.3. The zero-order valence-electron chi connectivity index (χ0n) is 13.8. The molecule has 0 aliphatic carbocycles. The van der Waals surface area contributed by atoms with Gasteiger partial charge in [0, 0.05) is 12.1 Å². The number of rotatable bonds is 4. The Morgan fingerprint density at radius 3 is 2.91 bits per heavy atom.